The number of hydrogen-bond donors (Lipinski definition) is 2. The number of nitrogens with zero attached hydrogens (tertiary/aromatic N) is 3. The molecule has 0 bridgehead atoms. The summed E-state index contributed by atoms with van der Waals surface area (Å²) in [4.78, 5) is 6.65. The number of hydrogen-bond acceptors (Lipinski definition) is 5. The Bertz CT molecular complexity index is 408. The maximum Gasteiger partial charge on any atom is 0.0635 e. The molecule has 0 atom stereocenters. The Morgan fingerprint density at radius 3 is 3.06 bits per heavy atom. The van der Waals surface area contributed by atoms with Crippen molar-refractivity contribution >= 4 is 5.69 Å². The first-order chi connectivity index (χ1) is 8.33. The van der Waals surface area contributed by atoms with E-state index in [9.17, 15) is 0 Å². The first kappa shape index (κ1) is 11.8. The van der Waals surface area contributed by atoms with Crippen LogP contribution >= 0.6 is 0 Å². The summed E-state index contributed by atoms with van der Waals surface area (Å²) in [7, 11) is 0. The average Bonchev–Trinajstić information content (AvgIpc) is 3.19. The second-order valence-corrected chi connectivity index (χ2v) is 4.29. The number of pyridine rings is 1. The molecular formula is C12H17N5. The molecule has 0 unspecified atom stereocenters. The highest BCUT2D eigenvalue weighted by Gasteiger charge is 2.28. The minimum absolute atomic E-state index is 0.575. The summed E-state index contributed by atoms with van der Waals surface area (Å²) in [6, 6.07) is 6.61. The van der Waals surface area contributed by atoms with Crippen molar-refractivity contribution in [3.8, 4) is 6.07 Å². The van der Waals surface area contributed by atoms with Gasteiger partial charge in [0, 0.05) is 31.7 Å². The minimum Gasteiger partial charge on any atom is -0.324 e. The average molecular weight is 231 g/mol. The minimum atomic E-state index is 0.575. The molecule has 90 valence electrons. The Labute approximate surface area is 101 Å². The second kappa shape index (κ2) is 5.62. The topological polar surface area (TPSA) is 78.0 Å². The van der Waals surface area contributed by atoms with Gasteiger partial charge in [0.1, 0.15) is 0 Å². The number of hydrazine groups is 1. The smallest absolute Gasteiger partial charge is 0.0635 e. The van der Waals surface area contributed by atoms with E-state index >= 15 is 0 Å². The zero-order chi connectivity index (χ0) is 12.1. The van der Waals surface area contributed by atoms with Crippen LogP contribution in [-0.2, 0) is 6.54 Å². The molecule has 3 N–H and O–H groups in total. The molecule has 0 spiro atoms. The predicted octanol–water partition coefficient (Wildman–Crippen LogP) is 1.25. The van der Waals surface area contributed by atoms with Crippen molar-refractivity contribution in [2.75, 3.05) is 12.0 Å². The quantitative estimate of drug-likeness (QED) is 0.569. The molecule has 0 amide bonds. The molecule has 0 aliphatic heterocycles. The Morgan fingerprint density at radius 2 is 2.41 bits per heavy atom. The third-order valence-corrected chi connectivity index (χ3v) is 2.92. The molecular weight excluding hydrogens is 214 g/mol. The number of nitrogen functional groups attached to an aromatic ring is 1. The third-order valence-electron chi connectivity index (χ3n) is 2.92. The van der Waals surface area contributed by atoms with Crippen molar-refractivity contribution in [2.45, 2.75) is 31.8 Å². The summed E-state index contributed by atoms with van der Waals surface area (Å²) < 4.78 is 0. The first-order valence-corrected chi connectivity index (χ1v) is 5.86. The highest BCUT2D eigenvalue weighted by atomic mass is 15.2. The van der Waals surface area contributed by atoms with Crippen LogP contribution in [0, 0.1) is 11.3 Å². The van der Waals surface area contributed by atoms with Crippen LogP contribution in [0.3, 0.4) is 0 Å². The summed E-state index contributed by atoms with van der Waals surface area (Å²) in [5.74, 6) is 5.37. The fraction of sp³-hybridized carbons (Fsp3) is 0.500. The van der Waals surface area contributed by atoms with E-state index in [1.165, 1.54) is 12.8 Å². The molecule has 1 aromatic heterocycles. The molecule has 1 heterocycles. The van der Waals surface area contributed by atoms with Crippen LogP contribution in [-0.4, -0.2) is 22.5 Å². The van der Waals surface area contributed by atoms with Crippen molar-refractivity contribution < 1.29 is 0 Å². The SMILES string of the molecule is N#CCCN(Cc1cc(NN)ccn1)C1CC1. The van der Waals surface area contributed by atoms with E-state index < -0.39 is 0 Å². The molecule has 1 aliphatic carbocycles. The van der Waals surface area contributed by atoms with Crippen LogP contribution in [0.15, 0.2) is 18.3 Å². The molecule has 1 fully saturated rings. The molecule has 1 saturated carbocycles. The number of rotatable bonds is 6. The first-order valence-electron chi connectivity index (χ1n) is 5.86. The number of aromatic nitrogens is 1. The number of nitrogens with one attached hydrogen (secondary N) is 1. The zero-order valence-corrected chi connectivity index (χ0v) is 9.76. The summed E-state index contributed by atoms with van der Waals surface area (Å²) in [6.45, 7) is 1.62. The van der Waals surface area contributed by atoms with Crippen LogP contribution in [0.5, 0.6) is 0 Å². The fourth-order valence-corrected chi connectivity index (χ4v) is 1.89. The van der Waals surface area contributed by atoms with E-state index in [4.69, 9.17) is 11.1 Å². The van der Waals surface area contributed by atoms with Crippen LogP contribution in [0.4, 0.5) is 5.69 Å². The van der Waals surface area contributed by atoms with Crippen molar-refractivity contribution in [1.29, 1.82) is 5.26 Å². The molecule has 1 aliphatic rings. The van der Waals surface area contributed by atoms with Gasteiger partial charge in [0.2, 0.25) is 0 Å². The van der Waals surface area contributed by atoms with E-state index in [0.29, 0.717) is 12.5 Å². The van der Waals surface area contributed by atoms with E-state index in [2.05, 4.69) is 21.4 Å². The number of anilines is 1. The summed E-state index contributed by atoms with van der Waals surface area (Å²) >= 11 is 0. The van der Waals surface area contributed by atoms with E-state index in [0.717, 1.165) is 24.5 Å². The molecule has 2 rings (SSSR count). The molecule has 17 heavy (non-hydrogen) atoms. The maximum absolute atomic E-state index is 8.65. The van der Waals surface area contributed by atoms with E-state index in [1.807, 2.05) is 12.1 Å². The van der Waals surface area contributed by atoms with Crippen molar-refractivity contribution in [1.82, 2.24) is 9.88 Å². The van der Waals surface area contributed by atoms with Gasteiger partial charge in [-0.25, -0.2) is 0 Å². The van der Waals surface area contributed by atoms with Gasteiger partial charge in [0.15, 0.2) is 0 Å². The highest BCUT2D eigenvalue weighted by Crippen LogP contribution is 2.28. The Kier molecular flexibility index (Phi) is 3.91. The molecule has 1 aromatic rings. The highest BCUT2D eigenvalue weighted by molar-refractivity contribution is 5.41. The van der Waals surface area contributed by atoms with Gasteiger partial charge in [-0.2, -0.15) is 5.26 Å². The van der Waals surface area contributed by atoms with Gasteiger partial charge in [-0.1, -0.05) is 0 Å². The van der Waals surface area contributed by atoms with Crippen molar-refractivity contribution in [3.63, 3.8) is 0 Å². The Hall–Kier alpha value is -1.64. The molecule has 0 saturated heterocycles. The third kappa shape index (κ3) is 3.41. The fourth-order valence-electron chi connectivity index (χ4n) is 1.89. The lowest BCUT2D eigenvalue weighted by Crippen LogP contribution is -2.27. The number of nitrogens with two attached hydrogens (primary N) is 1. The lowest BCUT2D eigenvalue weighted by atomic mass is 10.3. The monoisotopic (exact) mass is 231 g/mol. The van der Waals surface area contributed by atoms with Gasteiger partial charge in [-0.3, -0.25) is 15.7 Å². The van der Waals surface area contributed by atoms with Gasteiger partial charge in [-0.15, -0.1) is 0 Å². The zero-order valence-electron chi connectivity index (χ0n) is 9.76. The van der Waals surface area contributed by atoms with Crippen LogP contribution < -0.4 is 11.3 Å². The Balaban J connectivity index is 1.98. The largest absolute Gasteiger partial charge is 0.324 e. The predicted molar refractivity (Wildman–Crippen MR) is 65.7 cm³/mol. The normalized spacial score (nSPS) is 14.6. The van der Waals surface area contributed by atoms with Gasteiger partial charge in [0.25, 0.3) is 0 Å². The molecule has 0 radical (unpaired) electrons. The lowest BCUT2D eigenvalue weighted by Gasteiger charge is -2.20. The molecule has 5 nitrogen and oxygen atoms in total. The number of nitriles is 1. The van der Waals surface area contributed by atoms with Gasteiger partial charge in [0.05, 0.1) is 17.5 Å². The molecule has 5 heteroatoms. The van der Waals surface area contributed by atoms with E-state index in [-0.39, 0.29) is 0 Å². The maximum atomic E-state index is 8.65. The van der Waals surface area contributed by atoms with Gasteiger partial charge < -0.3 is 5.43 Å². The van der Waals surface area contributed by atoms with Gasteiger partial charge in [-0.05, 0) is 25.0 Å². The summed E-state index contributed by atoms with van der Waals surface area (Å²) in [5.41, 5.74) is 4.48. The van der Waals surface area contributed by atoms with Crippen LogP contribution in [0.25, 0.3) is 0 Å². The van der Waals surface area contributed by atoms with E-state index in [1.54, 1.807) is 6.20 Å². The van der Waals surface area contributed by atoms with Crippen LogP contribution in [0.2, 0.25) is 0 Å². The Morgan fingerprint density at radius 1 is 1.59 bits per heavy atom. The summed E-state index contributed by atoms with van der Waals surface area (Å²) in [5, 5.41) is 8.65. The second-order valence-electron chi connectivity index (χ2n) is 4.29. The van der Waals surface area contributed by atoms with Gasteiger partial charge >= 0.3 is 0 Å². The standard InChI is InChI=1S/C12H17N5/c13-5-1-7-17(12-2-3-12)9-11-8-10(16-14)4-6-15-11/h4,6,8,12H,1-3,7,9,14H2,(H,15,16). The summed E-state index contributed by atoms with van der Waals surface area (Å²) in [6.07, 6.45) is 4.80. The molecule has 0 aromatic carbocycles. The lowest BCUT2D eigenvalue weighted by molar-refractivity contribution is 0.258. The van der Waals surface area contributed by atoms with Crippen molar-refractivity contribution in [2.24, 2.45) is 5.84 Å². The van der Waals surface area contributed by atoms with Crippen molar-refractivity contribution in [3.05, 3.63) is 24.0 Å². The van der Waals surface area contributed by atoms with Crippen LogP contribution in [0.1, 0.15) is 25.0 Å².